The summed E-state index contributed by atoms with van der Waals surface area (Å²) in [5.74, 6) is 0.632. The van der Waals surface area contributed by atoms with E-state index in [4.69, 9.17) is 0 Å². The fourth-order valence-electron chi connectivity index (χ4n) is 3.68. The van der Waals surface area contributed by atoms with E-state index in [1.165, 1.54) is 53.8 Å². The summed E-state index contributed by atoms with van der Waals surface area (Å²) in [7, 11) is 0. The van der Waals surface area contributed by atoms with Crippen molar-refractivity contribution < 1.29 is 17.9 Å². The van der Waals surface area contributed by atoms with Crippen LogP contribution >= 0.6 is 0 Å². The third-order valence-corrected chi connectivity index (χ3v) is 6.06. The number of ether oxygens (including phenoxy) is 1. The van der Waals surface area contributed by atoms with E-state index >= 15 is 0 Å². The Hall–Kier alpha value is -2.95. The number of hydrogen-bond acceptors (Lipinski definition) is 2. The second-order valence-corrected chi connectivity index (χ2v) is 9.91. The highest BCUT2D eigenvalue weighted by molar-refractivity contribution is 5.46. The molecule has 1 aliphatic carbocycles. The lowest BCUT2D eigenvalue weighted by Gasteiger charge is -2.25. The highest BCUT2D eigenvalue weighted by Gasteiger charge is 2.30. The summed E-state index contributed by atoms with van der Waals surface area (Å²) in [4.78, 5) is 0. The van der Waals surface area contributed by atoms with Crippen LogP contribution in [0.2, 0.25) is 0 Å². The van der Waals surface area contributed by atoms with Crippen molar-refractivity contribution in [2.24, 2.45) is 0 Å². The van der Waals surface area contributed by atoms with Crippen molar-refractivity contribution in [1.29, 1.82) is 0 Å². The molecule has 0 radical (unpaired) electrons. The Morgan fingerprint density at radius 2 is 1.41 bits per heavy atom. The van der Waals surface area contributed by atoms with Gasteiger partial charge in [-0.15, -0.1) is 13.2 Å². The molecule has 0 aromatic heterocycles. The molecule has 0 saturated heterocycles. The molecule has 0 amide bonds. The molecule has 1 fully saturated rings. The first-order chi connectivity index (χ1) is 16.0. The van der Waals surface area contributed by atoms with Gasteiger partial charge in [-0.2, -0.15) is 0 Å². The molecule has 0 spiro atoms. The topological polar surface area (TPSA) is 21.3 Å². The van der Waals surface area contributed by atoms with Gasteiger partial charge < -0.3 is 10.1 Å². The third-order valence-electron chi connectivity index (χ3n) is 6.06. The fraction of sp³-hybridized carbons (Fsp3) is 0.379. The standard InChI is InChI=1S/C21H27N.C8H7F3O/c1-21(2,3)19-11-7-16(8-12-19)15-22-20-13-9-18(10-14-20)17-5-4-6-17;1-6-2-4-7(5-3-6)12-8(9,10)11/h7-14,17,22H,4-6,15H2,1-3H3;2-5H,1H3. The monoisotopic (exact) mass is 469 g/mol. The second kappa shape index (κ2) is 11.0. The van der Waals surface area contributed by atoms with Gasteiger partial charge in [0.2, 0.25) is 0 Å². The van der Waals surface area contributed by atoms with Crippen molar-refractivity contribution in [3.8, 4) is 5.75 Å². The molecule has 0 aliphatic heterocycles. The maximum Gasteiger partial charge on any atom is 0.573 e. The molecule has 3 aromatic carbocycles. The summed E-state index contributed by atoms with van der Waals surface area (Å²) in [6.45, 7) is 9.43. The molecule has 1 N–H and O–H groups in total. The number of nitrogens with one attached hydrogen (secondary N) is 1. The number of alkyl halides is 3. The molecule has 5 heteroatoms. The molecule has 0 unspecified atom stereocenters. The number of hydrogen-bond donors (Lipinski definition) is 1. The van der Waals surface area contributed by atoms with Crippen molar-refractivity contribution in [2.75, 3.05) is 5.32 Å². The molecule has 3 aromatic rings. The Morgan fingerprint density at radius 1 is 0.824 bits per heavy atom. The summed E-state index contributed by atoms with van der Waals surface area (Å²) >= 11 is 0. The van der Waals surface area contributed by atoms with Crippen molar-refractivity contribution >= 4 is 5.69 Å². The Labute approximate surface area is 201 Å². The molecule has 4 rings (SSSR count). The zero-order valence-corrected chi connectivity index (χ0v) is 20.4. The van der Waals surface area contributed by atoms with Crippen LogP contribution < -0.4 is 10.1 Å². The molecule has 1 saturated carbocycles. The number of benzene rings is 3. The molecule has 2 nitrogen and oxygen atoms in total. The summed E-state index contributed by atoms with van der Waals surface area (Å²) in [5, 5.41) is 3.52. The van der Waals surface area contributed by atoms with E-state index in [2.05, 4.69) is 79.4 Å². The Bertz CT molecular complexity index is 1010. The van der Waals surface area contributed by atoms with Crippen LogP contribution in [0.5, 0.6) is 5.75 Å². The van der Waals surface area contributed by atoms with E-state index in [0.29, 0.717) is 0 Å². The molecular weight excluding hydrogens is 435 g/mol. The van der Waals surface area contributed by atoms with Crippen molar-refractivity contribution in [3.05, 3.63) is 95.1 Å². The van der Waals surface area contributed by atoms with Gasteiger partial charge in [0.15, 0.2) is 0 Å². The van der Waals surface area contributed by atoms with Crippen LogP contribution in [0.25, 0.3) is 0 Å². The molecular formula is C29H34F3NO. The summed E-state index contributed by atoms with van der Waals surface area (Å²) < 4.78 is 38.5. The van der Waals surface area contributed by atoms with Crippen molar-refractivity contribution in [1.82, 2.24) is 0 Å². The minimum atomic E-state index is -4.60. The van der Waals surface area contributed by atoms with E-state index in [1.54, 1.807) is 19.1 Å². The SMILES string of the molecule is CC(C)(C)c1ccc(CNc2ccc(C3CCC3)cc2)cc1.Cc1ccc(OC(F)(F)F)cc1. The van der Waals surface area contributed by atoms with Gasteiger partial charge in [0.05, 0.1) is 0 Å². The lowest BCUT2D eigenvalue weighted by molar-refractivity contribution is -0.274. The zero-order chi connectivity index (χ0) is 24.8. The van der Waals surface area contributed by atoms with Gasteiger partial charge in [0.1, 0.15) is 5.75 Å². The Kier molecular flexibility index (Phi) is 8.29. The van der Waals surface area contributed by atoms with Crippen LogP contribution in [0.15, 0.2) is 72.8 Å². The molecule has 0 heterocycles. The lowest BCUT2D eigenvalue weighted by Crippen LogP contribution is -2.16. The average Bonchev–Trinajstić information content (AvgIpc) is 2.73. The first-order valence-electron chi connectivity index (χ1n) is 11.8. The fourth-order valence-corrected chi connectivity index (χ4v) is 3.68. The van der Waals surface area contributed by atoms with Gasteiger partial charge in [-0.05, 0) is 72.1 Å². The Balaban J connectivity index is 0.000000229. The van der Waals surface area contributed by atoms with E-state index in [1.807, 2.05) is 0 Å². The van der Waals surface area contributed by atoms with Gasteiger partial charge in [-0.1, -0.05) is 81.3 Å². The van der Waals surface area contributed by atoms with Crippen molar-refractivity contribution in [2.45, 2.75) is 71.2 Å². The van der Waals surface area contributed by atoms with Crippen LogP contribution in [-0.2, 0) is 12.0 Å². The van der Waals surface area contributed by atoms with Gasteiger partial charge in [0, 0.05) is 12.2 Å². The van der Waals surface area contributed by atoms with E-state index < -0.39 is 6.36 Å². The predicted octanol–water partition coefficient (Wildman–Crippen LogP) is 8.76. The normalized spacial score (nSPS) is 14.0. The number of halogens is 3. The Morgan fingerprint density at radius 3 is 1.88 bits per heavy atom. The highest BCUT2D eigenvalue weighted by Crippen LogP contribution is 2.36. The van der Waals surface area contributed by atoms with E-state index in [9.17, 15) is 13.2 Å². The smallest absolute Gasteiger partial charge is 0.406 e. The maximum atomic E-state index is 11.6. The average molecular weight is 470 g/mol. The second-order valence-electron chi connectivity index (χ2n) is 9.91. The van der Waals surface area contributed by atoms with E-state index in [0.717, 1.165) is 18.0 Å². The molecule has 0 atom stereocenters. The molecule has 0 bridgehead atoms. The molecule has 1 aliphatic rings. The van der Waals surface area contributed by atoms with Gasteiger partial charge in [0.25, 0.3) is 0 Å². The largest absolute Gasteiger partial charge is 0.573 e. The summed E-state index contributed by atoms with van der Waals surface area (Å²) in [6.07, 6.45) is -0.468. The highest BCUT2D eigenvalue weighted by atomic mass is 19.4. The predicted molar refractivity (Wildman–Crippen MR) is 133 cm³/mol. The van der Waals surface area contributed by atoms with Gasteiger partial charge in [-0.3, -0.25) is 0 Å². The van der Waals surface area contributed by atoms with Crippen LogP contribution in [0.1, 0.15) is 68.2 Å². The molecule has 182 valence electrons. The number of rotatable bonds is 5. The summed E-state index contributed by atoms with van der Waals surface area (Å²) in [5.41, 5.74) is 6.56. The minimum Gasteiger partial charge on any atom is -0.406 e. The minimum absolute atomic E-state index is 0.187. The van der Waals surface area contributed by atoms with Crippen LogP contribution in [0, 0.1) is 6.92 Å². The van der Waals surface area contributed by atoms with E-state index in [-0.39, 0.29) is 11.2 Å². The number of aryl methyl sites for hydroxylation is 1. The van der Waals surface area contributed by atoms with Crippen molar-refractivity contribution in [3.63, 3.8) is 0 Å². The van der Waals surface area contributed by atoms with Crippen LogP contribution in [0.3, 0.4) is 0 Å². The van der Waals surface area contributed by atoms with Gasteiger partial charge in [-0.25, -0.2) is 0 Å². The summed E-state index contributed by atoms with van der Waals surface area (Å²) in [6, 6.07) is 23.6. The maximum absolute atomic E-state index is 11.6. The quantitative estimate of drug-likeness (QED) is 0.403. The first kappa shape index (κ1) is 25.7. The van der Waals surface area contributed by atoms with Crippen LogP contribution in [0.4, 0.5) is 18.9 Å². The lowest BCUT2D eigenvalue weighted by atomic mass is 9.80. The zero-order valence-electron chi connectivity index (χ0n) is 20.4. The first-order valence-corrected chi connectivity index (χ1v) is 11.8. The number of anilines is 1. The van der Waals surface area contributed by atoms with Gasteiger partial charge >= 0.3 is 6.36 Å². The molecule has 34 heavy (non-hydrogen) atoms. The third kappa shape index (κ3) is 8.12. The van der Waals surface area contributed by atoms with Crippen LogP contribution in [-0.4, -0.2) is 6.36 Å².